The lowest BCUT2D eigenvalue weighted by atomic mass is 10.1. The molecule has 1 unspecified atom stereocenters. The molecule has 70 valence electrons. The van der Waals surface area contributed by atoms with Gasteiger partial charge in [-0.3, -0.25) is 0 Å². The molecule has 0 aliphatic carbocycles. The van der Waals surface area contributed by atoms with Crippen molar-refractivity contribution in [1.82, 2.24) is 0 Å². The molecular formula is C10H11ClO2. The zero-order valence-electron chi connectivity index (χ0n) is 7.38. The van der Waals surface area contributed by atoms with Gasteiger partial charge >= 0.3 is 0 Å². The predicted molar refractivity (Wildman–Crippen MR) is 51.2 cm³/mol. The zero-order chi connectivity index (χ0) is 9.42. The molecule has 0 spiro atoms. The fourth-order valence-corrected chi connectivity index (χ4v) is 1.95. The predicted octanol–water partition coefficient (Wildman–Crippen LogP) is 2.16. The molecule has 13 heavy (non-hydrogen) atoms. The third kappa shape index (κ3) is 1.52. The van der Waals surface area contributed by atoms with Crippen LogP contribution in [0.25, 0.3) is 0 Å². The number of ether oxygens (including phenoxy) is 1. The van der Waals surface area contributed by atoms with Crippen molar-refractivity contribution < 1.29 is 9.84 Å². The molecule has 0 bridgehead atoms. The Morgan fingerprint density at radius 2 is 2.38 bits per heavy atom. The van der Waals surface area contributed by atoms with E-state index in [-0.39, 0.29) is 12.7 Å². The summed E-state index contributed by atoms with van der Waals surface area (Å²) in [6.07, 6.45) is 1.07. The van der Waals surface area contributed by atoms with Crippen LogP contribution < -0.4 is 4.74 Å². The van der Waals surface area contributed by atoms with Crippen molar-refractivity contribution in [2.24, 2.45) is 0 Å². The third-order valence-corrected chi connectivity index (χ3v) is 2.47. The maximum atomic E-state index is 8.96. The summed E-state index contributed by atoms with van der Waals surface area (Å²) >= 11 is 5.98. The Morgan fingerprint density at radius 3 is 3.08 bits per heavy atom. The lowest BCUT2D eigenvalue weighted by Crippen LogP contribution is -2.05. The SMILES string of the molecule is CC1Cc2cc(CO)cc(Cl)c2O1. The molecule has 0 saturated heterocycles. The van der Waals surface area contributed by atoms with Gasteiger partial charge in [0.25, 0.3) is 0 Å². The van der Waals surface area contributed by atoms with Crippen LogP contribution in [0.3, 0.4) is 0 Å². The summed E-state index contributed by atoms with van der Waals surface area (Å²) < 4.78 is 5.52. The lowest BCUT2D eigenvalue weighted by molar-refractivity contribution is 0.254. The second-order valence-corrected chi connectivity index (χ2v) is 3.76. The maximum Gasteiger partial charge on any atom is 0.141 e. The fourth-order valence-electron chi connectivity index (χ4n) is 1.64. The summed E-state index contributed by atoms with van der Waals surface area (Å²) in [6.45, 7) is 2.04. The van der Waals surface area contributed by atoms with E-state index in [1.807, 2.05) is 13.0 Å². The van der Waals surface area contributed by atoms with E-state index in [2.05, 4.69) is 0 Å². The van der Waals surface area contributed by atoms with E-state index in [4.69, 9.17) is 21.4 Å². The standard InChI is InChI=1S/C10H11ClO2/c1-6-2-8-3-7(5-12)4-9(11)10(8)13-6/h3-4,6,12H,2,5H2,1H3. The average Bonchev–Trinajstić information content (AvgIpc) is 2.46. The Hall–Kier alpha value is -0.730. The van der Waals surface area contributed by atoms with Crippen LogP contribution in [0.2, 0.25) is 5.02 Å². The molecule has 1 heterocycles. The van der Waals surface area contributed by atoms with Gasteiger partial charge in [-0.25, -0.2) is 0 Å². The van der Waals surface area contributed by atoms with Crippen LogP contribution in [-0.2, 0) is 13.0 Å². The zero-order valence-corrected chi connectivity index (χ0v) is 8.14. The summed E-state index contributed by atoms with van der Waals surface area (Å²) in [5, 5.41) is 9.56. The Morgan fingerprint density at radius 1 is 1.62 bits per heavy atom. The second-order valence-electron chi connectivity index (χ2n) is 3.36. The molecule has 1 N–H and O–H groups in total. The van der Waals surface area contributed by atoms with Crippen LogP contribution in [0.1, 0.15) is 18.1 Å². The number of hydrogen-bond donors (Lipinski definition) is 1. The summed E-state index contributed by atoms with van der Waals surface area (Å²) in [7, 11) is 0. The Balaban J connectivity index is 2.46. The van der Waals surface area contributed by atoms with Crippen molar-refractivity contribution in [2.45, 2.75) is 26.1 Å². The maximum absolute atomic E-state index is 8.96. The van der Waals surface area contributed by atoms with Crippen molar-refractivity contribution in [3.63, 3.8) is 0 Å². The number of aliphatic hydroxyl groups is 1. The first kappa shape index (κ1) is 8.85. The number of aliphatic hydroxyl groups excluding tert-OH is 1. The number of benzene rings is 1. The van der Waals surface area contributed by atoms with E-state index < -0.39 is 0 Å². The van der Waals surface area contributed by atoms with Crippen molar-refractivity contribution in [3.05, 3.63) is 28.3 Å². The highest BCUT2D eigenvalue weighted by Crippen LogP contribution is 2.36. The first-order valence-electron chi connectivity index (χ1n) is 4.29. The Bertz CT molecular complexity index is 336. The topological polar surface area (TPSA) is 29.5 Å². The molecule has 1 aromatic carbocycles. The minimum atomic E-state index is 0.0291. The third-order valence-electron chi connectivity index (χ3n) is 2.19. The van der Waals surface area contributed by atoms with Gasteiger partial charge in [0.2, 0.25) is 0 Å². The van der Waals surface area contributed by atoms with E-state index in [0.717, 1.165) is 23.3 Å². The molecule has 1 aliphatic heterocycles. The summed E-state index contributed by atoms with van der Waals surface area (Å²) in [5.74, 6) is 0.784. The normalized spacial score (nSPS) is 19.8. The lowest BCUT2D eigenvalue weighted by Gasteiger charge is -2.05. The van der Waals surface area contributed by atoms with Crippen molar-refractivity contribution in [2.75, 3.05) is 0 Å². The molecule has 3 heteroatoms. The van der Waals surface area contributed by atoms with E-state index in [1.165, 1.54) is 0 Å². The quantitative estimate of drug-likeness (QED) is 0.750. The first-order valence-corrected chi connectivity index (χ1v) is 4.67. The largest absolute Gasteiger partial charge is 0.489 e. The van der Waals surface area contributed by atoms with Crippen LogP contribution >= 0.6 is 11.6 Å². The molecule has 1 aromatic rings. The average molecular weight is 199 g/mol. The van der Waals surface area contributed by atoms with Gasteiger partial charge in [-0.2, -0.15) is 0 Å². The molecule has 1 atom stereocenters. The van der Waals surface area contributed by atoms with Crippen LogP contribution in [0.5, 0.6) is 5.75 Å². The summed E-state index contributed by atoms with van der Waals surface area (Å²) in [5.41, 5.74) is 1.95. The van der Waals surface area contributed by atoms with Gasteiger partial charge in [-0.1, -0.05) is 11.6 Å². The summed E-state index contributed by atoms with van der Waals surface area (Å²) in [4.78, 5) is 0. The van der Waals surface area contributed by atoms with Gasteiger partial charge in [-0.05, 0) is 30.2 Å². The molecule has 2 rings (SSSR count). The summed E-state index contributed by atoms with van der Waals surface area (Å²) in [6, 6.07) is 3.70. The van der Waals surface area contributed by atoms with Gasteiger partial charge in [0, 0.05) is 6.42 Å². The van der Waals surface area contributed by atoms with Gasteiger partial charge in [-0.15, -0.1) is 0 Å². The van der Waals surface area contributed by atoms with E-state index in [1.54, 1.807) is 6.07 Å². The van der Waals surface area contributed by atoms with Gasteiger partial charge in [0.05, 0.1) is 11.6 Å². The van der Waals surface area contributed by atoms with E-state index >= 15 is 0 Å². The minimum Gasteiger partial charge on any atom is -0.489 e. The van der Waals surface area contributed by atoms with Gasteiger partial charge < -0.3 is 9.84 Å². The highest BCUT2D eigenvalue weighted by Gasteiger charge is 2.22. The Kier molecular flexibility index (Phi) is 2.18. The molecule has 0 aromatic heterocycles. The van der Waals surface area contributed by atoms with E-state index in [9.17, 15) is 0 Å². The van der Waals surface area contributed by atoms with Gasteiger partial charge in [0.1, 0.15) is 11.9 Å². The van der Waals surface area contributed by atoms with Crippen LogP contribution in [-0.4, -0.2) is 11.2 Å². The van der Waals surface area contributed by atoms with Crippen LogP contribution in [0, 0.1) is 0 Å². The van der Waals surface area contributed by atoms with E-state index in [0.29, 0.717) is 5.02 Å². The molecule has 0 saturated carbocycles. The number of hydrogen-bond acceptors (Lipinski definition) is 2. The minimum absolute atomic E-state index is 0.0291. The molecule has 0 radical (unpaired) electrons. The van der Waals surface area contributed by atoms with Crippen molar-refractivity contribution in [3.8, 4) is 5.75 Å². The van der Waals surface area contributed by atoms with Crippen LogP contribution in [0.15, 0.2) is 12.1 Å². The van der Waals surface area contributed by atoms with Crippen LogP contribution in [0.4, 0.5) is 0 Å². The first-order chi connectivity index (χ1) is 6.20. The fraction of sp³-hybridized carbons (Fsp3) is 0.400. The molecule has 1 aliphatic rings. The Labute approximate surface area is 82.1 Å². The van der Waals surface area contributed by atoms with Crippen molar-refractivity contribution in [1.29, 1.82) is 0 Å². The highest BCUT2D eigenvalue weighted by molar-refractivity contribution is 6.32. The molecule has 0 fully saturated rings. The second kappa shape index (κ2) is 3.20. The smallest absolute Gasteiger partial charge is 0.141 e. The number of halogens is 1. The highest BCUT2D eigenvalue weighted by atomic mass is 35.5. The van der Waals surface area contributed by atoms with Gasteiger partial charge in [0.15, 0.2) is 0 Å². The molecular weight excluding hydrogens is 188 g/mol. The number of fused-ring (bicyclic) bond motifs is 1. The monoisotopic (exact) mass is 198 g/mol. The van der Waals surface area contributed by atoms with Crippen molar-refractivity contribution >= 4 is 11.6 Å². The molecule has 2 nitrogen and oxygen atoms in total. The molecule has 0 amide bonds. The number of rotatable bonds is 1.